The average molecular weight is 518 g/mol. The number of carbonyl (C=O) groups is 2. The summed E-state index contributed by atoms with van der Waals surface area (Å²) < 4.78 is 137. The number of carbonyl (C=O) groups excluding carboxylic acids is 2. The standard InChI is InChI=1S/C17H21F7O8S/c1-2-30-13(26)15(16(20,21)22,32-12(25)11-7-4-3-5-8-11)31-10-6-9-14(18,19)17(23,24)33(27,28)29/h2,11H,1,3-10H2,(H,27,28,29). The molecule has 1 atom stereocenters. The van der Waals surface area contributed by atoms with Gasteiger partial charge in [-0.1, -0.05) is 25.8 Å². The smallest absolute Gasteiger partial charge is 0.430 e. The maximum atomic E-state index is 13.8. The molecule has 1 aliphatic carbocycles. The minimum atomic E-state index is -6.56. The van der Waals surface area contributed by atoms with Crippen molar-refractivity contribution >= 4 is 22.1 Å². The van der Waals surface area contributed by atoms with Gasteiger partial charge in [-0.2, -0.15) is 39.2 Å². The molecule has 33 heavy (non-hydrogen) atoms. The van der Waals surface area contributed by atoms with Crippen LogP contribution in [-0.2, 0) is 33.9 Å². The van der Waals surface area contributed by atoms with E-state index in [0.717, 1.165) is 0 Å². The van der Waals surface area contributed by atoms with Gasteiger partial charge < -0.3 is 14.2 Å². The Balaban J connectivity index is 3.08. The lowest BCUT2D eigenvalue weighted by atomic mass is 9.89. The van der Waals surface area contributed by atoms with Crippen LogP contribution in [0.1, 0.15) is 44.9 Å². The highest BCUT2D eigenvalue weighted by atomic mass is 32.2. The number of hydrogen-bond donors (Lipinski definition) is 1. The maximum Gasteiger partial charge on any atom is 0.468 e. The van der Waals surface area contributed by atoms with Crippen molar-refractivity contribution in [3.63, 3.8) is 0 Å². The van der Waals surface area contributed by atoms with E-state index in [9.17, 15) is 48.7 Å². The predicted octanol–water partition coefficient (Wildman–Crippen LogP) is 3.97. The molecule has 0 radical (unpaired) electrons. The second kappa shape index (κ2) is 10.5. The van der Waals surface area contributed by atoms with Crippen LogP contribution in [0.5, 0.6) is 0 Å². The van der Waals surface area contributed by atoms with Crippen LogP contribution in [0.25, 0.3) is 0 Å². The topological polar surface area (TPSA) is 116 Å². The molecule has 1 rings (SSSR count). The van der Waals surface area contributed by atoms with Gasteiger partial charge in [-0.15, -0.1) is 0 Å². The van der Waals surface area contributed by atoms with Crippen LogP contribution < -0.4 is 0 Å². The number of halogens is 7. The highest BCUT2D eigenvalue weighted by Crippen LogP contribution is 2.42. The number of alkyl halides is 7. The zero-order valence-corrected chi connectivity index (χ0v) is 17.7. The minimum Gasteiger partial charge on any atom is -0.430 e. The van der Waals surface area contributed by atoms with E-state index < -0.39 is 70.6 Å². The molecule has 0 bridgehead atoms. The van der Waals surface area contributed by atoms with E-state index in [1.54, 1.807) is 0 Å². The molecule has 0 aliphatic heterocycles. The maximum absolute atomic E-state index is 13.8. The fourth-order valence-corrected chi connectivity index (χ4v) is 3.43. The minimum absolute atomic E-state index is 0.153. The van der Waals surface area contributed by atoms with E-state index in [0.29, 0.717) is 19.3 Å². The van der Waals surface area contributed by atoms with Crippen LogP contribution >= 0.6 is 0 Å². The molecule has 1 N–H and O–H groups in total. The average Bonchev–Trinajstić information content (AvgIpc) is 2.69. The Bertz CT molecular complexity index is 822. The van der Waals surface area contributed by atoms with E-state index in [1.807, 2.05) is 0 Å². The normalized spacial score (nSPS) is 18.3. The zero-order chi connectivity index (χ0) is 25.7. The van der Waals surface area contributed by atoms with Gasteiger partial charge >= 0.3 is 45.2 Å². The van der Waals surface area contributed by atoms with Gasteiger partial charge in [0, 0.05) is 6.42 Å². The third-order valence-electron chi connectivity index (χ3n) is 4.71. The molecule has 0 amide bonds. The summed E-state index contributed by atoms with van der Waals surface area (Å²) in [6.45, 7) is 1.35. The largest absolute Gasteiger partial charge is 0.468 e. The number of hydrogen-bond acceptors (Lipinski definition) is 7. The molecule has 8 nitrogen and oxygen atoms in total. The summed E-state index contributed by atoms with van der Waals surface area (Å²) in [5.41, 5.74) is 0. The molecule has 1 fully saturated rings. The first-order chi connectivity index (χ1) is 14.9. The quantitative estimate of drug-likeness (QED) is 0.109. The lowest BCUT2D eigenvalue weighted by Gasteiger charge is -2.33. The van der Waals surface area contributed by atoms with Gasteiger partial charge in [0.15, 0.2) is 0 Å². The summed E-state index contributed by atoms with van der Waals surface area (Å²) in [5, 5.41) is -5.95. The molecule has 1 unspecified atom stereocenters. The Hall–Kier alpha value is -1.94. The Morgan fingerprint density at radius 3 is 2.03 bits per heavy atom. The Morgan fingerprint density at radius 2 is 1.58 bits per heavy atom. The summed E-state index contributed by atoms with van der Waals surface area (Å²) in [4.78, 5) is 24.3. The SMILES string of the molecule is C=COC(=O)C(OCCCC(F)(F)C(F)(F)S(=O)(=O)O)(OC(=O)C1CCCCC1)C(F)(F)F. The van der Waals surface area contributed by atoms with Crippen molar-refractivity contribution in [1.29, 1.82) is 0 Å². The first kappa shape index (κ1) is 29.1. The Kier molecular flexibility index (Phi) is 9.30. The molecule has 0 spiro atoms. The molecule has 0 saturated heterocycles. The van der Waals surface area contributed by atoms with E-state index in [1.165, 1.54) is 0 Å². The molecular formula is C17H21F7O8S. The van der Waals surface area contributed by atoms with Gasteiger partial charge in [-0.25, -0.2) is 4.79 Å². The van der Waals surface area contributed by atoms with Gasteiger partial charge in [0.1, 0.15) is 0 Å². The molecule has 0 aromatic rings. The summed E-state index contributed by atoms with van der Waals surface area (Å²) in [6.07, 6.45) is -6.99. The second-order valence-electron chi connectivity index (χ2n) is 7.09. The fourth-order valence-electron chi connectivity index (χ4n) is 2.95. The lowest BCUT2D eigenvalue weighted by molar-refractivity contribution is -0.355. The molecule has 192 valence electrons. The first-order valence-electron chi connectivity index (χ1n) is 9.41. The molecule has 16 heteroatoms. The third kappa shape index (κ3) is 6.56. The van der Waals surface area contributed by atoms with Gasteiger partial charge in [0.2, 0.25) is 0 Å². The molecule has 0 heterocycles. The van der Waals surface area contributed by atoms with Gasteiger partial charge in [0.25, 0.3) is 0 Å². The highest BCUT2D eigenvalue weighted by Gasteiger charge is 2.68. The molecule has 0 aromatic heterocycles. The Morgan fingerprint density at radius 1 is 1.03 bits per heavy atom. The predicted molar refractivity (Wildman–Crippen MR) is 94.4 cm³/mol. The molecule has 1 saturated carbocycles. The van der Waals surface area contributed by atoms with Crippen LogP contribution in [0.4, 0.5) is 30.7 Å². The van der Waals surface area contributed by atoms with E-state index in [-0.39, 0.29) is 19.1 Å². The second-order valence-corrected chi connectivity index (χ2v) is 8.55. The summed E-state index contributed by atoms with van der Waals surface area (Å²) in [7, 11) is -6.56. The monoisotopic (exact) mass is 518 g/mol. The van der Waals surface area contributed by atoms with Crippen molar-refractivity contribution in [2.75, 3.05) is 6.61 Å². The van der Waals surface area contributed by atoms with Crippen molar-refractivity contribution in [2.45, 2.75) is 68.1 Å². The van der Waals surface area contributed by atoms with E-state index in [4.69, 9.17) is 4.55 Å². The van der Waals surface area contributed by atoms with Crippen LogP contribution in [0, 0.1) is 5.92 Å². The summed E-state index contributed by atoms with van der Waals surface area (Å²) >= 11 is 0. The van der Waals surface area contributed by atoms with Crippen molar-refractivity contribution in [1.82, 2.24) is 0 Å². The van der Waals surface area contributed by atoms with Crippen LogP contribution in [0.15, 0.2) is 12.8 Å². The third-order valence-corrected chi connectivity index (χ3v) is 5.65. The number of rotatable bonds is 11. The van der Waals surface area contributed by atoms with E-state index >= 15 is 0 Å². The molecular weight excluding hydrogens is 497 g/mol. The molecule has 1 aliphatic rings. The van der Waals surface area contributed by atoms with Crippen molar-refractivity contribution < 1.29 is 67.5 Å². The van der Waals surface area contributed by atoms with Crippen LogP contribution in [0.2, 0.25) is 0 Å². The fraction of sp³-hybridized carbons (Fsp3) is 0.765. The van der Waals surface area contributed by atoms with Crippen molar-refractivity contribution in [3.05, 3.63) is 12.8 Å². The summed E-state index contributed by atoms with van der Waals surface area (Å²) in [5.74, 6) is -14.7. The van der Waals surface area contributed by atoms with Crippen LogP contribution in [-0.4, -0.2) is 54.7 Å². The van der Waals surface area contributed by atoms with Crippen LogP contribution in [0.3, 0.4) is 0 Å². The number of ether oxygens (including phenoxy) is 3. The highest BCUT2D eigenvalue weighted by molar-refractivity contribution is 7.87. The van der Waals surface area contributed by atoms with Gasteiger partial charge in [0.05, 0.1) is 18.8 Å². The number of esters is 2. The van der Waals surface area contributed by atoms with E-state index in [2.05, 4.69) is 20.8 Å². The van der Waals surface area contributed by atoms with Crippen molar-refractivity contribution in [3.8, 4) is 0 Å². The van der Waals surface area contributed by atoms with Gasteiger partial charge in [-0.3, -0.25) is 9.35 Å². The van der Waals surface area contributed by atoms with Gasteiger partial charge in [-0.05, 0) is 19.3 Å². The lowest BCUT2D eigenvalue weighted by Crippen LogP contribution is -2.58. The zero-order valence-electron chi connectivity index (χ0n) is 16.9. The molecule has 0 aromatic carbocycles. The Labute approximate surface area is 183 Å². The first-order valence-corrected chi connectivity index (χ1v) is 10.8. The van der Waals surface area contributed by atoms with Crippen molar-refractivity contribution in [2.24, 2.45) is 5.92 Å². The summed E-state index contributed by atoms with van der Waals surface area (Å²) in [6, 6.07) is 0.